The summed E-state index contributed by atoms with van der Waals surface area (Å²) in [6, 6.07) is 3.64. The third kappa shape index (κ3) is 3.53. The molecular formula is C13H20O4. The largest absolute Gasteiger partial charge is 0.496 e. The van der Waals surface area contributed by atoms with E-state index in [1.807, 2.05) is 13.0 Å². The Kier molecular flexibility index (Phi) is 5.10. The predicted molar refractivity (Wildman–Crippen MR) is 66.1 cm³/mol. The Labute approximate surface area is 102 Å². The van der Waals surface area contributed by atoms with Crippen molar-refractivity contribution in [1.82, 2.24) is 0 Å². The van der Waals surface area contributed by atoms with Crippen LogP contribution < -0.4 is 14.2 Å². The number of aliphatic hydroxyl groups is 1. The van der Waals surface area contributed by atoms with E-state index in [1.165, 1.54) is 0 Å². The molecule has 0 spiro atoms. The van der Waals surface area contributed by atoms with Gasteiger partial charge in [-0.15, -0.1) is 0 Å². The lowest BCUT2D eigenvalue weighted by Crippen LogP contribution is -2.07. The Balaban J connectivity index is 3.13. The van der Waals surface area contributed by atoms with E-state index in [-0.39, 0.29) is 0 Å². The van der Waals surface area contributed by atoms with Gasteiger partial charge in [0, 0.05) is 18.1 Å². The van der Waals surface area contributed by atoms with Gasteiger partial charge < -0.3 is 19.3 Å². The third-order valence-corrected chi connectivity index (χ3v) is 2.38. The minimum Gasteiger partial charge on any atom is -0.496 e. The third-order valence-electron chi connectivity index (χ3n) is 2.38. The van der Waals surface area contributed by atoms with Crippen LogP contribution in [0.5, 0.6) is 17.2 Å². The van der Waals surface area contributed by atoms with Crippen LogP contribution in [0.1, 0.15) is 19.4 Å². The summed E-state index contributed by atoms with van der Waals surface area (Å²) in [5.41, 5.74) is 0.909. The minimum atomic E-state index is -0.424. The van der Waals surface area contributed by atoms with Crippen molar-refractivity contribution < 1.29 is 19.3 Å². The van der Waals surface area contributed by atoms with E-state index >= 15 is 0 Å². The van der Waals surface area contributed by atoms with Crippen molar-refractivity contribution in [3.63, 3.8) is 0 Å². The Bertz CT molecular complexity index is 361. The molecule has 0 heterocycles. The molecule has 0 saturated carbocycles. The molecule has 1 atom stereocenters. The van der Waals surface area contributed by atoms with E-state index in [0.29, 0.717) is 30.3 Å². The molecule has 1 unspecified atom stereocenters. The second kappa shape index (κ2) is 6.35. The summed E-state index contributed by atoms with van der Waals surface area (Å²) in [5.74, 6) is 2.01. The van der Waals surface area contributed by atoms with Gasteiger partial charge in [-0.3, -0.25) is 0 Å². The molecule has 4 nitrogen and oxygen atoms in total. The topological polar surface area (TPSA) is 47.9 Å². The zero-order chi connectivity index (χ0) is 12.8. The molecule has 1 rings (SSSR count). The molecule has 0 aliphatic carbocycles. The van der Waals surface area contributed by atoms with Gasteiger partial charge >= 0.3 is 0 Å². The van der Waals surface area contributed by atoms with E-state index in [9.17, 15) is 5.11 Å². The number of ether oxygens (including phenoxy) is 3. The second-order valence-electron chi connectivity index (χ2n) is 3.80. The lowest BCUT2D eigenvalue weighted by molar-refractivity contribution is 0.194. The van der Waals surface area contributed by atoms with E-state index in [0.717, 1.165) is 5.56 Å². The Morgan fingerprint density at radius 2 is 1.76 bits per heavy atom. The number of rotatable bonds is 6. The molecule has 96 valence electrons. The number of methoxy groups -OCH3 is 2. The monoisotopic (exact) mass is 240 g/mol. The maximum Gasteiger partial charge on any atom is 0.164 e. The number of hydrogen-bond donors (Lipinski definition) is 1. The van der Waals surface area contributed by atoms with Crippen LogP contribution in [0.15, 0.2) is 12.1 Å². The van der Waals surface area contributed by atoms with E-state index < -0.39 is 6.10 Å². The van der Waals surface area contributed by atoms with Crippen molar-refractivity contribution >= 4 is 0 Å². The van der Waals surface area contributed by atoms with Crippen molar-refractivity contribution in [2.45, 2.75) is 26.4 Å². The van der Waals surface area contributed by atoms with Crippen LogP contribution in [-0.2, 0) is 6.42 Å². The van der Waals surface area contributed by atoms with Gasteiger partial charge in [-0.2, -0.15) is 0 Å². The molecule has 4 heteroatoms. The summed E-state index contributed by atoms with van der Waals surface area (Å²) in [4.78, 5) is 0. The second-order valence-corrected chi connectivity index (χ2v) is 3.80. The first kappa shape index (κ1) is 13.6. The van der Waals surface area contributed by atoms with Crippen LogP contribution in [-0.4, -0.2) is 32.0 Å². The molecule has 0 fully saturated rings. The fourth-order valence-electron chi connectivity index (χ4n) is 1.68. The van der Waals surface area contributed by atoms with Crippen LogP contribution in [0, 0.1) is 0 Å². The first-order valence-electron chi connectivity index (χ1n) is 5.68. The first-order chi connectivity index (χ1) is 8.12. The highest BCUT2D eigenvalue weighted by Gasteiger charge is 2.13. The van der Waals surface area contributed by atoms with Crippen LogP contribution in [0.4, 0.5) is 0 Å². The van der Waals surface area contributed by atoms with Crippen LogP contribution in [0.2, 0.25) is 0 Å². The minimum absolute atomic E-state index is 0.424. The quantitative estimate of drug-likeness (QED) is 0.826. The van der Waals surface area contributed by atoms with E-state index in [1.54, 1.807) is 27.2 Å². The van der Waals surface area contributed by atoms with Crippen LogP contribution >= 0.6 is 0 Å². The molecule has 1 aromatic rings. The molecule has 0 saturated heterocycles. The molecule has 0 aliphatic heterocycles. The summed E-state index contributed by atoms with van der Waals surface area (Å²) < 4.78 is 16.0. The van der Waals surface area contributed by atoms with Gasteiger partial charge in [-0.1, -0.05) is 0 Å². The SMILES string of the molecule is CCOc1cc(CC(C)O)c(OC)cc1OC. The molecule has 0 aromatic heterocycles. The highest BCUT2D eigenvalue weighted by atomic mass is 16.5. The Hall–Kier alpha value is -1.42. The van der Waals surface area contributed by atoms with Crippen molar-refractivity contribution in [3.05, 3.63) is 17.7 Å². The van der Waals surface area contributed by atoms with Gasteiger partial charge in [0.1, 0.15) is 5.75 Å². The van der Waals surface area contributed by atoms with Crippen LogP contribution in [0.3, 0.4) is 0 Å². The summed E-state index contributed by atoms with van der Waals surface area (Å²) >= 11 is 0. The van der Waals surface area contributed by atoms with Crippen molar-refractivity contribution in [2.75, 3.05) is 20.8 Å². The van der Waals surface area contributed by atoms with E-state index in [2.05, 4.69) is 0 Å². The lowest BCUT2D eigenvalue weighted by Gasteiger charge is -2.15. The van der Waals surface area contributed by atoms with Crippen molar-refractivity contribution in [2.24, 2.45) is 0 Å². The average molecular weight is 240 g/mol. The van der Waals surface area contributed by atoms with Gasteiger partial charge in [0.2, 0.25) is 0 Å². The Morgan fingerprint density at radius 1 is 1.12 bits per heavy atom. The number of benzene rings is 1. The van der Waals surface area contributed by atoms with Crippen molar-refractivity contribution in [3.8, 4) is 17.2 Å². The Morgan fingerprint density at radius 3 is 2.24 bits per heavy atom. The van der Waals surface area contributed by atoms with Gasteiger partial charge in [0.25, 0.3) is 0 Å². The molecule has 17 heavy (non-hydrogen) atoms. The highest BCUT2D eigenvalue weighted by Crippen LogP contribution is 2.35. The molecule has 0 radical (unpaired) electrons. The maximum atomic E-state index is 9.45. The predicted octanol–water partition coefficient (Wildman–Crippen LogP) is 2.03. The smallest absolute Gasteiger partial charge is 0.164 e. The van der Waals surface area contributed by atoms with Gasteiger partial charge in [0.05, 0.1) is 26.9 Å². The summed E-state index contributed by atoms with van der Waals surface area (Å²) in [6.45, 7) is 4.22. The highest BCUT2D eigenvalue weighted by molar-refractivity contribution is 5.51. The summed E-state index contributed by atoms with van der Waals surface area (Å²) in [7, 11) is 3.19. The molecule has 0 aliphatic rings. The standard InChI is InChI=1S/C13H20O4/c1-5-17-13-7-10(6-9(2)14)11(15-3)8-12(13)16-4/h7-9,14H,5-6H2,1-4H3. The fraction of sp³-hybridized carbons (Fsp3) is 0.538. The zero-order valence-corrected chi connectivity index (χ0v) is 10.8. The number of hydrogen-bond acceptors (Lipinski definition) is 4. The maximum absolute atomic E-state index is 9.45. The van der Waals surface area contributed by atoms with Gasteiger partial charge in [0.15, 0.2) is 11.5 Å². The van der Waals surface area contributed by atoms with Gasteiger partial charge in [-0.25, -0.2) is 0 Å². The lowest BCUT2D eigenvalue weighted by atomic mass is 10.1. The average Bonchev–Trinajstić information content (AvgIpc) is 2.29. The molecule has 0 bridgehead atoms. The molecule has 1 N–H and O–H groups in total. The zero-order valence-electron chi connectivity index (χ0n) is 10.8. The van der Waals surface area contributed by atoms with Gasteiger partial charge in [-0.05, 0) is 19.9 Å². The van der Waals surface area contributed by atoms with Crippen LogP contribution in [0.25, 0.3) is 0 Å². The van der Waals surface area contributed by atoms with E-state index in [4.69, 9.17) is 14.2 Å². The molecule has 0 amide bonds. The molecule has 1 aromatic carbocycles. The van der Waals surface area contributed by atoms with Crippen molar-refractivity contribution in [1.29, 1.82) is 0 Å². The summed E-state index contributed by atoms with van der Waals surface area (Å²) in [6.07, 6.45) is 0.0968. The fourth-order valence-corrected chi connectivity index (χ4v) is 1.68. The number of aliphatic hydroxyl groups excluding tert-OH is 1. The molecular weight excluding hydrogens is 220 g/mol. The summed E-state index contributed by atoms with van der Waals surface area (Å²) in [5, 5.41) is 9.45. The normalized spacial score (nSPS) is 12.1. The first-order valence-corrected chi connectivity index (χ1v) is 5.68.